The summed E-state index contributed by atoms with van der Waals surface area (Å²) < 4.78 is 0. The molecule has 0 radical (unpaired) electrons. The summed E-state index contributed by atoms with van der Waals surface area (Å²) in [6.45, 7) is 5.03. The van der Waals surface area contributed by atoms with Gasteiger partial charge in [-0.1, -0.05) is 12.8 Å². The normalized spacial score (nSPS) is 16.2. The Morgan fingerprint density at radius 3 is 2.38 bits per heavy atom. The number of carbonyl (C=O) groups is 1. The van der Waals surface area contributed by atoms with E-state index in [1.54, 1.807) is 0 Å². The fraction of sp³-hybridized carbons (Fsp3) is 0.917. The molecule has 96 valence electrons. The first-order chi connectivity index (χ1) is 7.16. The van der Waals surface area contributed by atoms with E-state index in [9.17, 15) is 4.79 Å². The van der Waals surface area contributed by atoms with Crippen molar-refractivity contribution in [2.24, 2.45) is 0 Å². The number of carbonyl (C=O) groups excluding carboxylic acids is 1. The summed E-state index contributed by atoms with van der Waals surface area (Å²) in [5, 5.41) is 3.04. The predicted octanol–water partition coefficient (Wildman–Crippen LogP) is 2.20. The number of rotatable bonds is 5. The topological polar surface area (TPSA) is 32.3 Å². The Labute approximate surface area is 105 Å². The molecule has 1 N–H and O–H groups in total. The van der Waals surface area contributed by atoms with Crippen LogP contribution in [0, 0.1) is 0 Å². The van der Waals surface area contributed by atoms with Gasteiger partial charge in [-0.15, -0.1) is 12.4 Å². The third-order valence-electron chi connectivity index (χ3n) is 3.15. The van der Waals surface area contributed by atoms with Gasteiger partial charge < -0.3 is 10.2 Å². The second-order valence-electron chi connectivity index (χ2n) is 4.69. The van der Waals surface area contributed by atoms with Crippen molar-refractivity contribution in [3.05, 3.63) is 0 Å². The van der Waals surface area contributed by atoms with Crippen LogP contribution in [-0.4, -0.2) is 36.5 Å². The van der Waals surface area contributed by atoms with Crippen LogP contribution in [0.15, 0.2) is 0 Å². The average Bonchev–Trinajstić information content (AvgIpc) is 2.67. The Bertz CT molecular complexity index is 203. The van der Waals surface area contributed by atoms with E-state index in [0.29, 0.717) is 24.4 Å². The van der Waals surface area contributed by atoms with Gasteiger partial charge in [0, 0.05) is 25.0 Å². The lowest BCUT2D eigenvalue weighted by Crippen LogP contribution is -2.44. The molecule has 16 heavy (non-hydrogen) atoms. The van der Waals surface area contributed by atoms with Crippen LogP contribution in [0.25, 0.3) is 0 Å². The summed E-state index contributed by atoms with van der Waals surface area (Å²) in [5.41, 5.74) is 0. The highest BCUT2D eigenvalue weighted by molar-refractivity contribution is 5.85. The molecule has 1 aliphatic carbocycles. The van der Waals surface area contributed by atoms with Crippen LogP contribution in [0.5, 0.6) is 0 Å². The molecule has 0 unspecified atom stereocenters. The van der Waals surface area contributed by atoms with Crippen LogP contribution in [0.3, 0.4) is 0 Å². The van der Waals surface area contributed by atoms with E-state index in [1.807, 2.05) is 7.05 Å². The van der Waals surface area contributed by atoms with Crippen molar-refractivity contribution >= 4 is 18.3 Å². The second kappa shape index (κ2) is 7.91. The zero-order valence-electron chi connectivity index (χ0n) is 10.7. The van der Waals surface area contributed by atoms with Crippen LogP contribution >= 0.6 is 12.4 Å². The molecule has 0 bridgehead atoms. The summed E-state index contributed by atoms with van der Waals surface area (Å²) in [6.07, 6.45) is 5.60. The van der Waals surface area contributed by atoms with Crippen molar-refractivity contribution in [2.75, 3.05) is 13.6 Å². The highest BCUT2D eigenvalue weighted by atomic mass is 35.5. The molecule has 0 aromatic heterocycles. The molecule has 3 nitrogen and oxygen atoms in total. The van der Waals surface area contributed by atoms with E-state index in [0.717, 1.165) is 6.54 Å². The number of hydrogen-bond acceptors (Lipinski definition) is 2. The molecule has 0 aromatic rings. The number of halogens is 1. The van der Waals surface area contributed by atoms with Crippen molar-refractivity contribution in [1.82, 2.24) is 10.2 Å². The highest BCUT2D eigenvalue weighted by Gasteiger charge is 2.27. The maximum Gasteiger partial charge on any atom is 0.224 e. The molecule has 0 atom stereocenters. The van der Waals surface area contributed by atoms with E-state index in [-0.39, 0.29) is 12.4 Å². The van der Waals surface area contributed by atoms with Crippen LogP contribution in [0.2, 0.25) is 0 Å². The molecule has 0 spiro atoms. The maximum absolute atomic E-state index is 12.0. The number of hydrogen-bond donors (Lipinski definition) is 1. The van der Waals surface area contributed by atoms with Crippen molar-refractivity contribution in [3.63, 3.8) is 0 Å². The largest absolute Gasteiger partial charge is 0.337 e. The van der Waals surface area contributed by atoms with Crippen LogP contribution in [-0.2, 0) is 4.79 Å². The van der Waals surface area contributed by atoms with E-state index in [1.165, 1.54) is 25.7 Å². The van der Waals surface area contributed by atoms with Gasteiger partial charge in [0.25, 0.3) is 0 Å². The Morgan fingerprint density at radius 2 is 1.94 bits per heavy atom. The molecule has 0 heterocycles. The molecule has 1 fully saturated rings. The van der Waals surface area contributed by atoms with Gasteiger partial charge in [0.2, 0.25) is 5.91 Å². The lowest BCUT2D eigenvalue weighted by atomic mass is 10.1. The summed E-state index contributed by atoms with van der Waals surface area (Å²) in [5.74, 6) is 0.311. The number of nitrogens with one attached hydrogen (secondary N) is 1. The first-order valence-electron chi connectivity index (χ1n) is 6.12. The van der Waals surface area contributed by atoms with Crippen molar-refractivity contribution in [3.8, 4) is 0 Å². The highest BCUT2D eigenvalue weighted by Crippen LogP contribution is 2.25. The quantitative estimate of drug-likeness (QED) is 0.809. The molecule has 0 saturated heterocycles. The molecule has 4 heteroatoms. The lowest BCUT2D eigenvalue weighted by Gasteiger charge is -2.33. The lowest BCUT2D eigenvalue weighted by molar-refractivity contribution is -0.135. The molecule has 1 aliphatic rings. The van der Waals surface area contributed by atoms with Gasteiger partial charge in [-0.05, 0) is 33.7 Å². The molecule has 1 amide bonds. The average molecular weight is 249 g/mol. The minimum absolute atomic E-state index is 0. The maximum atomic E-state index is 12.0. The van der Waals surface area contributed by atoms with Crippen LogP contribution in [0.1, 0.15) is 46.0 Å². The van der Waals surface area contributed by atoms with E-state index >= 15 is 0 Å². The zero-order chi connectivity index (χ0) is 11.3. The molecular weight excluding hydrogens is 224 g/mol. The minimum atomic E-state index is 0. The zero-order valence-corrected chi connectivity index (χ0v) is 11.5. The van der Waals surface area contributed by atoms with E-state index in [4.69, 9.17) is 0 Å². The Hall–Kier alpha value is -0.280. The standard InChI is InChI=1S/C12H24N2O.ClH/c1-10(2)14(11-6-4-5-7-11)12(15)8-9-13-3;/h10-11,13H,4-9H2,1-3H3;1H. The third-order valence-corrected chi connectivity index (χ3v) is 3.15. The van der Waals surface area contributed by atoms with Crippen molar-refractivity contribution in [1.29, 1.82) is 0 Å². The summed E-state index contributed by atoms with van der Waals surface area (Å²) in [4.78, 5) is 14.1. The van der Waals surface area contributed by atoms with Crippen molar-refractivity contribution < 1.29 is 4.79 Å². The monoisotopic (exact) mass is 248 g/mol. The van der Waals surface area contributed by atoms with Gasteiger partial charge in [-0.3, -0.25) is 4.79 Å². The Morgan fingerprint density at radius 1 is 1.38 bits per heavy atom. The van der Waals surface area contributed by atoms with Gasteiger partial charge in [0.1, 0.15) is 0 Å². The predicted molar refractivity (Wildman–Crippen MR) is 70.0 cm³/mol. The van der Waals surface area contributed by atoms with E-state index < -0.39 is 0 Å². The Balaban J connectivity index is 0.00000225. The SMILES string of the molecule is CNCCC(=O)N(C(C)C)C1CCCC1.Cl. The van der Waals surface area contributed by atoms with Gasteiger partial charge in [0.05, 0.1) is 0 Å². The summed E-state index contributed by atoms with van der Waals surface area (Å²) >= 11 is 0. The molecule has 0 aromatic carbocycles. The van der Waals surface area contributed by atoms with Gasteiger partial charge in [0.15, 0.2) is 0 Å². The molecular formula is C12H25ClN2O. The fourth-order valence-corrected chi connectivity index (χ4v) is 2.46. The molecule has 1 saturated carbocycles. The third kappa shape index (κ3) is 4.30. The summed E-state index contributed by atoms with van der Waals surface area (Å²) in [6, 6.07) is 0.854. The van der Waals surface area contributed by atoms with Crippen LogP contribution < -0.4 is 5.32 Å². The minimum Gasteiger partial charge on any atom is -0.337 e. The van der Waals surface area contributed by atoms with Gasteiger partial charge in [-0.25, -0.2) is 0 Å². The van der Waals surface area contributed by atoms with Gasteiger partial charge in [-0.2, -0.15) is 0 Å². The molecule has 1 rings (SSSR count). The fourth-order valence-electron chi connectivity index (χ4n) is 2.46. The van der Waals surface area contributed by atoms with Crippen LogP contribution in [0.4, 0.5) is 0 Å². The number of nitrogens with zero attached hydrogens (tertiary/aromatic N) is 1. The first kappa shape index (κ1) is 15.7. The first-order valence-corrected chi connectivity index (χ1v) is 6.12. The smallest absolute Gasteiger partial charge is 0.224 e. The molecule has 0 aliphatic heterocycles. The van der Waals surface area contributed by atoms with E-state index in [2.05, 4.69) is 24.1 Å². The summed E-state index contributed by atoms with van der Waals surface area (Å²) in [7, 11) is 1.89. The Kier molecular flexibility index (Phi) is 7.77. The second-order valence-corrected chi connectivity index (χ2v) is 4.69. The van der Waals surface area contributed by atoms with Gasteiger partial charge >= 0.3 is 0 Å². The number of amides is 1. The van der Waals surface area contributed by atoms with Crippen molar-refractivity contribution in [2.45, 2.75) is 58.0 Å².